The molecule has 0 radical (unpaired) electrons. The second kappa shape index (κ2) is 8.37. The van der Waals surface area contributed by atoms with E-state index >= 15 is 0 Å². The van der Waals surface area contributed by atoms with Gasteiger partial charge in [-0.15, -0.1) is 0 Å². The predicted molar refractivity (Wildman–Crippen MR) is 81.5 cm³/mol. The number of hydrogen-bond donors (Lipinski definition) is 2. The van der Waals surface area contributed by atoms with Crippen molar-refractivity contribution in [2.75, 3.05) is 36.5 Å². The molecular formula is C14H23N3O3. The van der Waals surface area contributed by atoms with Crippen LogP contribution in [0.5, 0.6) is 0 Å². The van der Waals surface area contributed by atoms with Gasteiger partial charge in [0.15, 0.2) is 0 Å². The first kappa shape index (κ1) is 16.2. The molecule has 0 aliphatic heterocycles. The van der Waals surface area contributed by atoms with Crippen LogP contribution >= 0.6 is 0 Å². The van der Waals surface area contributed by atoms with Gasteiger partial charge >= 0.3 is 0 Å². The largest absolute Gasteiger partial charge is 0.396 e. The molecule has 112 valence electrons. The molecule has 0 spiro atoms. The molecule has 0 heterocycles. The van der Waals surface area contributed by atoms with Crippen LogP contribution < -0.4 is 10.2 Å². The van der Waals surface area contributed by atoms with Gasteiger partial charge in [0, 0.05) is 49.7 Å². The van der Waals surface area contributed by atoms with Crippen LogP contribution in [0.3, 0.4) is 0 Å². The number of nitrogens with zero attached hydrogens (tertiary/aromatic N) is 2. The maximum Gasteiger partial charge on any atom is 0.273 e. The molecule has 1 rings (SSSR count). The highest BCUT2D eigenvalue weighted by atomic mass is 16.6. The number of benzene rings is 1. The van der Waals surface area contributed by atoms with Crippen LogP contribution in [-0.4, -0.2) is 36.3 Å². The molecule has 0 bridgehead atoms. The van der Waals surface area contributed by atoms with Gasteiger partial charge in [0.05, 0.1) is 4.92 Å². The number of non-ortho nitro benzene ring substituents is 1. The third kappa shape index (κ3) is 4.70. The first-order chi connectivity index (χ1) is 9.62. The lowest BCUT2D eigenvalue weighted by Gasteiger charge is -2.23. The summed E-state index contributed by atoms with van der Waals surface area (Å²) in [4.78, 5) is 12.7. The molecule has 0 amide bonds. The molecule has 0 saturated carbocycles. The van der Waals surface area contributed by atoms with Crippen LogP contribution in [0.25, 0.3) is 0 Å². The van der Waals surface area contributed by atoms with Crippen molar-refractivity contribution in [3.05, 3.63) is 28.3 Å². The fourth-order valence-corrected chi connectivity index (χ4v) is 1.99. The van der Waals surface area contributed by atoms with E-state index in [0.29, 0.717) is 13.0 Å². The van der Waals surface area contributed by atoms with Gasteiger partial charge in [0.1, 0.15) is 0 Å². The highest BCUT2D eigenvalue weighted by Gasteiger charge is 2.13. The molecule has 1 aromatic carbocycles. The van der Waals surface area contributed by atoms with Gasteiger partial charge in [-0.05, 0) is 25.8 Å². The monoisotopic (exact) mass is 281 g/mol. The Hall–Kier alpha value is -1.82. The van der Waals surface area contributed by atoms with Crippen molar-refractivity contribution in [1.82, 2.24) is 0 Å². The summed E-state index contributed by atoms with van der Waals surface area (Å²) in [5, 5.41) is 23.1. The van der Waals surface area contributed by atoms with Gasteiger partial charge in [-0.25, -0.2) is 0 Å². The first-order valence-electron chi connectivity index (χ1n) is 7.01. The van der Waals surface area contributed by atoms with Crippen molar-refractivity contribution >= 4 is 17.1 Å². The summed E-state index contributed by atoms with van der Waals surface area (Å²) >= 11 is 0. The average molecular weight is 281 g/mol. The first-order valence-corrected chi connectivity index (χ1v) is 7.01. The summed E-state index contributed by atoms with van der Waals surface area (Å²) < 4.78 is 0. The fraction of sp³-hybridized carbons (Fsp3) is 0.571. The topological polar surface area (TPSA) is 78.6 Å². The van der Waals surface area contributed by atoms with Crippen LogP contribution in [0.1, 0.15) is 26.7 Å². The minimum absolute atomic E-state index is 0.0866. The van der Waals surface area contributed by atoms with E-state index in [9.17, 15) is 10.1 Å². The molecule has 0 atom stereocenters. The second-order valence-corrected chi connectivity index (χ2v) is 4.58. The Kier molecular flexibility index (Phi) is 6.79. The Labute approximate surface area is 119 Å². The minimum atomic E-state index is -0.374. The Bertz CT molecular complexity index is 438. The number of aliphatic hydroxyl groups excluding tert-OH is 1. The van der Waals surface area contributed by atoms with Crippen molar-refractivity contribution < 1.29 is 10.0 Å². The Morgan fingerprint density at radius 2 is 2.10 bits per heavy atom. The van der Waals surface area contributed by atoms with E-state index in [2.05, 4.69) is 5.32 Å². The number of nitro benzene ring substituents is 1. The lowest BCUT2D eigenvalue weighted by atomic mass is 10.2. The highest BCUT2D eigenvalue weighted by Crippen LogP contribution is 2.27. The summed E-state index contributed by atoms with van der Waals surface area (Å²) in [5.74, 6) is 0. The van der Waals surface area contributed by atoms with Crippen LogP contribution in [0.15, 0.2) is 18.2 Å². The van der Waals surface area contributed by atoms with Crippen molar-refractivity contribution in [3.8, 4) is 0 Å². The molecule has 2 N–H and O–H groups in total. The molecule has 0 aromatic heterocycles. The Morgan fingerprint density at radius 3 is 2.65 bits per heavy atom. The number of aliphatic hydroxyl groups is 1. The SMILES string of the molecule is CCCNc1cc(N(CC)CCCO)cc([N+](=O)[O-])c1. The molecule has 6 heteroatoms. The summed E-state index contributed by atoms with van der Waals surface area (Å²) in [6, 6.07) is 5.06. The molecule has 0 aliphatic rings. The van der Waals surface area contributed by atoms with Crippen LogP contribution in [0.2, 0.25) is 0 Å². The van der Waals surface area contributed by atoms with Gasteiger partial charge < -0.3 is 15.3 Å². The second-order valence-electron chi connectivity index (χ2n) is 4.58. The predicted octanol–water partition coefficient (Wildman–Crippen LogP) is 2.63. The molecule has 20 heavy (non-hydrogen) atoms. The zero-order valence-electron chi connectivity index (χ0n) is 12.1. The van der Waals surface area contributed by atoms with Crippen LogP contribution in [0, 0.1) is 10.1 Å². The standard InChI is InChI=1S/C14H23N3O3/c1-3-6-15-12-9-13(11-14(10-12)17(19)20)16(4-2)7-5-8-18/h9-11,15,18H,3-8H2,1-2H3. The number of anilines is 2. The summed E-state index contributed by atoms with van der Waals surface area (Å²) in [5.41, 5.74) is 1.66. The normalized spacial score (nSPS) is 10.3. The van der Waals surface area contributed by atoms with Crippen molar-refractivity contribution in [2.24, 2.45) is 0 Å². The Balaban J connectivity index is 3.02. The van der Waals surface area contributed by atoms with Crippen LogP contribution in [-0.2, 0) is 0 Å². The summed E-state index contributed by atoms with van der Waals surface area (Å²) in [6.45, 7) is 6.37. The summed E-state index contributed by atoms with van der Waals surface area (Å²) in [6.07, 6.45) is 1.61. The lowest BCUT2D eigenvalue weighted by Crippen LogP contribution is -2.24. The third-order valence-corrected chi connectivity index (χ3v) is 3.03. The van der Waals surface area contributed by atoms with E-state index in [1.165, 1.54) is 0 Å². The number of rotatable bonds is 9. The quantitative estimate of drug-likeness (QED) is 0.537. The zero-order chi connectivity index (χ0) is 15.0. The van der Waals surface area contributed by atoms with E-state index < -0.39 is 0 Å². The van der Waals surface area contributed by atoms with E-state index in [4.69, 9.17) is 5.11 Å². The highest BCUT2D eigenvalue weighted by molar-refractivity contribution is 5.64. The number of nitro groups is 1. The van der Waals surface area contributed by atoms with Gasteiger partial charge in [-0.2, -0.15) is 0 Å². The van der Waals surface area contributed by atoms with Gasteiger partial charge in [0.25, 0.3) is 5.69 Å². The maximum absolute atomic E-state index is 11.0. The maximum atomic E-state index is 11.0. The van der Waals surface area contributed by atoms with E-state index in [0.717, 1.165) is 30.9 Å². The molecule has 1 aromatic rings. The Morgan fingerprint density at radius 1 is 1.35 bits per heavy atom. The van der Waals surface area contributed by atoms with E-state index in [1.807, 2.05) is 24.8 Å². The summed E-state index contributed by atoms with van der Waals surface area (Å²) in [7, 11) is 0. The number of hydrogen-bond acceptors (Lipinski definition) is 5. The smallest absolute Gasteiger partial charge is 0.273 e. The van der Waals surface area contributed by atoms with E-state index in [-0.39, 0.29) is 17.2 Å². The lowest BCUT2D eigenvalue weighted by molar-refractivity contribution is -0.384. The van der Waals surface area contributed by atoms with Gasteiger partial charge in [0.2, 0.25) is 0 Å². The molecule has 0 aliphatic carbocycles. The molecule has 0 unspecified atom stereocenters. The molecular weight excluding hydrogens is 258 g/mol. The van der Waals surface area contributed by atoms with Gasteiger partial charge in [-0.1, -0.05) is 6.92 Å². The minimum Gasteiger partial charge on any atom is -0.396 e. The third-order valence-electron chi connectivity index (χ3n) is 3.03. The fourth-order valence-electron chi connectivity index (χ4n) is 1.99. The van der Waals surface area contributed by atoms with Crippen molar-refractivity contribution in [3.63, 3.8) is 0 Å². The number of nitrogens with one attached hydrogen (secondary N) is 1. The molecule has 6 nitrogen and oxygen atoms in total. The van der Waals surface area contributed by atoms with Crippen LogP contribution in [0.4, 0.5) is 17.1 Å². The van der Waals surface area contributed by atoms with E-state index in [1.54, 1.807) is 12.1 Å². The van der Waals surface area contributed by atoms with Crippen molar-refractivity contribution in [1.29, 1.82) is 0 Å². The molecule has 0 saturated heterocycles. The van der Waals surface area contributed by atoms with Crippen molar-refractivity contribution in [2.45, 2.75) is 26.7 Å². The zero-order valence-corrected chi connectivity index (χ0v) is 12.1. The molecule has 0 fully saturated rings. The van der Waals surface area contributed by atoms with Gasteiger partial charge in [-0.3, -0.25) is 10.1 Å². The average Bonchev–Trinajstić information content (AvgIpc) is 2.45.